The molecule has 0 aromatic heterocycles. The summed E-state index contributed by atoms with van der Waals surface area (Å²) in [4.78, 5) is 74.1. The Morgan fingerprint density at radius 1 is 0.456 bits per heavy atom. The topological polar surface area (TPSA) is 210 Å². The molecule has 0 spiro atoms. The molecular weight excluding hydrogens is 1050 g/mol. The Balaban J connectivity index is 1.10. The van der Waals surface area contributed by atoms with Crippen molar-refractivity contribution in [3.8, 4) is 23.0 Å². The summed E-state index contributed by atoms with van der Waals surface area (Å²) in [5.74, 6) is -2.25. The SMILES string of the molecule is O=C(/C=C/c1ccc(OC(=O)c2ccc(OCCCC(F)(F)F)cc2)cc1)OCC(COC(=O)/C=C/c1ccc(OC(=O)c2ccc(OCCCC(F)(F)F)cc2)cc1)(Cc1ccc([N+](=O)[O-])cc1)Cc1ccc([N+](=O)[O-])cc1. The molecule has 0 aliphatic rings. The molecule has 0 aliphatic carbocycles. The van der Waals surface area contributed by atoms with Gasteiger partial charge in [0.15, 0.2) is 0 Å². The molecule has 412 valence electrons. The van der Waals surface area contributed by atoms with Crippen LogP contribution in [0.1, 0.15) is 68.7 Å². The van der Waals surface area contributed by atoms with E-state index in [0.717, 1.165) is 12.2 Å². The van der Waals surface area contributed by atoms with Crippen molar-refractivity contribution in [2.45, 2.75) is 50.9 Å². The lowest BCUT2D eigenvalue weighted by atomic mass is 9.77. The number of nitro benzene ring substituents is 2. The van der Waals surface area contributed by atoms with E-state index in [-0.39, 0.29) is 84.4 Å². The minimum absolute atomic E-state index is 0.0168. The number of esters is 4. The zero-order valence-corrected chi connectivity index (χ0v) is 41.6. The Hall–Kier alpha value is -9.34. The van der Waals surface area contributed by atoms with E-state index in [0.29, 0.717) is 22.3 Å². The third kappa shape index (κ3) is 20.3. The van der Waals surface area contributed by atoms with Gasteiger partial charge in [-0.05, 0) is 133 Å². The van der Waals surface area contributed by atoms with Crippen LogP contribution in [0.25, 0.3) is 12.2 Å². The standard InChI is InChI=1S/C57H48F6N2O14/c58-56(59,60)31-1-33-74-47-25-13-43(14-26-47)53(68)78-49-21-7-39(8-22-49)11-29-51(66)76-37-55(35-41-3-17-45(18-4-41)64(70)71,36-42-5-19-46(20-6-42)65(72)73)38-77-52(67)30-12-40-9-23-50(24-10-40)79-54(69)44-15-27-48(28-16-44)75-34-2-32-57(61,62)63/h3-30H,1-2,31-38H2/b29-11+,30-12+. The van der Waals surface area contributed by atoms with Crippen LogP contribution in [0.5, 0.6) is 23.0 Å². The van der Waals surface area contributed by atoms with Crippen molar-refractivity contribution in [2.75, 3.05) is 26.4 Å². The molecule has 0 fully saturated rings. The van der Waals surface area contributed by atoms with Gasteiger partial charge in [-0.1, -0.05) is 48.5 Å². The number of carbonyl (C=O) groups is 4. The van der Waals surface area contributed by atoms with Crippen LogP contribution in [0.3, 0.4) is 0 Å². The summed E-state index contributed by atoms with van der Waals surface area (Å²) in [5.41, 5.74) is 0.646. The highest BCUT2D eigenvalue weighted by molar-refractivity contribution is 5.92. The largest absolute Gasteiger partial charge is 0.494 e. The third-order valence-electron chi connectivity index (χ3n) is 11.4. The monoisotopic (exact) mass is 1100 g/mol. The Morgan fingerprint density at radius 2 is 0.785 bits per heavy atom. The van der Waals surface area contributed by atoms with Crippen LogP contribution in [0.2, 0.25) is 0 Å². The van der Waals surface area contributed by atoms with E-state index >= 15 is 0 Å². The second kappa shape index (κ2) is 27.6. The number of nitro groups is 2. The normalized spacial score (nSPS) is 11.7. The molecule has 0 atom stereocenters. The van der Waals surface area contributed by atoms with E-state index in [1.807, 2.05) is 0 Å². The van der Waals surface area contributed by atoms with Gasteiger partial charge in [0, 0.05) is 54.7 Å². The number of alkyl halides is 6. The number of halogens is 6. The van der Waals surface area contributed by atoms with Crippen molar-refractivity contribution >= 4 is 47.4 Å². The van der Waals surface area contributed by atoms with Gasteiger partial charge < -0.3 is 28.4 Å². The summed E-state index contributed by atoms with van der Waals surface area (Å²) < 4.78 is 107. The van der Waals surface area contributed by atoms with E-state index in [1.54, 1.807) is 24.3 Å². The predicted octanol–water partition coefficient (Wildman–Crippen LogP) is 12.7. The van der Waals surface area contributed by atoms with E-state index in [4.69, 9.17) is 28.4 Å². The molecule has 0 heterocycles. The van der Waals surface area contributed by atoms with Crippen molar-refractivity contribution in [2.24, 2.45) is 5.41 Å². The number of carbonyl (C=O) groups excluding carboxylic acids is 4. The van der Waals surface area contributed by atoms with Gasteiger partial charge in [-0.3, -0.25) is 20.2 Å². The highest BCUT2D eigenvalue weighted by Crippen LogP contribution is 2.32. The highest BCUT2D eigenvalue weighted by Gasteiger charge is 2.35. The third-order valence-corrected chi connectivity index (χ3v) is 11.4. The summed E-state index contributed by atoms with van der Waals surface area (Å²) in [5, 5.41) is 23.0. The fraction of sp³-hybridized carbons (Fsp3) is 0.228. The molecule has 0 saturated heterocycles. The van der Waals surface area contributed by atoms with Crippen LogP contribution >= 0.6 is 0 Å². The lowest BCUT2D eigenvalue weighted by Gasteiger charge is -2.33. The second-order valence-corrected chi connectivity index (χ2v) is 17.7. The molecule has 16 nitrogen and oxygen atoms in total. The lowest BCUT2D eigenvalue weighted by Crippen LogP contribution is -2.38. The molecule has 0 unspecified atom stereocenters. The number of benzene rings is 6. The first kappa shape index (κ1) is 58.9. The zero-order chi connectivity index (χ0) is 57.0. The number of hydrogen-bond donors (Lipinski definition) is 0. The summed E-state index contributed by atoms with van der Waals surface area (Å²) >= 11 is 0. The molecule has 22 heteroatoms. The van der Waals surface area contributed by atoms with Crippen molar-refractivity contribution in [1.29, 1.82) is 0 Å². The van der Waals surface area contributed by atoms with E-state index in [9.17, 15) is 65.7 Å². The highest BCUT2D eigenvalue weighted by atomic mass is 19.4. The summed E-state index contributed by atoms with van der Waals surface area (Å²) in [6.07, 6.45) is -5.88. The number of ether oxygens (including phenoxy) is 6. The van der Waals surface area contributed by atoms with Gasteiger partial charge in [0.25, 0.3) is 11.4 Å². The van der Waals surface area contributed by atoms with Crippen molar-refractivity contribution in [3.05, 3.63) is 211 Å². The van der Waals surface area contributed by atoms with Crippen LogP contribution in [-0.4, -0.2) is 72.5 Å². The van der Waals surface area contributed by atoms with Gasteiger partial charge >= 0.3 is 36.2 Å². The smallest absolute Gasteiger partial charge is 0.389 e. The molecule has 79 heavy (non-hydrogen) atoms. The maximum absolute atomic E-state index is 13.4. The van der Waals surface area contributed by atoms with Gasteiger partial charge in [-0.15, -0.1) is 0 Å². The maximum atomic E-state index is 13.4. The van der Waals surface area contributed by atoms with E-state index in [1.165, 1.54) is 133 Å². The summed E-state index contributed by atoms with van der Waals surface area (Å²) in [6.45, 7) is -1.12. The van der Waals surface area contributed by atoms with Gasteiger partial charge in [0.05, 0.1) is 34.2 Å². The van der Waals surface area contributed by atoms with E-state index in [2.05, 4.69) is 0 Å². The zero-order valence-electron chi connectivity index (χ0n) is 41.6. The van der Waals surface area contributed by atoms with Crippen molar-refractivity contribution in [1.82, 2.24) is 0 Å². The van der Waals surface area contributed by atoms with Crippen LogP contribution in [0.4, 0.5) is 37.7 Å². The Bertz CT molecular complexity index is 2880. The van der Waals surface area contributed by atoms with Crippen LogP contribution in [-0.2, 0) is 31.9 Å². The number of rotatable bonds is 26. The Kier molecular flexibility index (Phi) is 20.6. The Morgan fingerprint density at radius 3 is 1.10 bits per heavy atom. The second-order valence-electron chi connectivity index (χ2n) is 17.7. The molecular formula is C57H48F6N2O14. The average molecular weight is 1100 g/mol. The minimum atomic E-state index is -4.29. The van der Waals surface area contributed by atoms with Gasteiger partial charge in [0.2, 0.25) is 0 Å². The molecule has 0 saturated carbocycles. The molecule has 0 bridgehead atoms. The maximum Gasteiger partial charge on any atom is 0.389 e. The first-order valence-electron chi connectivity index (χ1n) is 24.0. The van der Waals surface area contributed by atoms with Gasteiger partial charge in [0.1, 0.15) is 36.2 Å². The molecule has 6 aromatic rings. The Labute approximate surface area is 447 Å². The fourth-order valence-electron chi connectivity index (χ4n) is 7.44. The number of nitrogens with zero attached hydrogens (tertiary/aromatic N) is 2. The van der Waals surface area contributed by atoms with Crippen LogP contribution < -0.4 is 18.9 Å². The minimum Gasteiger partial charge on any atom is -0.494 e. The molecule has 0 aliphatic heterocycles. The molecule has 6 aromatic carbocycles. The molecule has 0 radical (unpaired) electrons. The van der Waals surface area contributed by atoms with Crippen molar-refractivity contribution < 1.29 is 83.8 Å². The molecule has 0 N–H and O–H groups in total. The summed E-state index contributed by atoms with van der Waals surface area (Å²) in [7, 11) is 0. The fourth-order valence-corrected chi connectivity index (χ4v) is 7.44. The van der Waals surface area contributed by atoms with E-state index < -0.39 is 77.5 Å². The molecule has 0 amide bonds. The summed E-state index contributed by atoms with van der Waals surface area (Å²) in [6, 6.07) is 34.5. The number of hydrogen-bond acceptors (Lipinski definition) is 14. The first-order valence-corrected chi connectivity index (χ1v) is 24.0. The van der Waals surface area contributed by atoms with Crippen molar-refractivity contribution in [3.63, 3.8) is 0 Å². The molecule has 6 rings (SSSR count). The van der Waals surface area contributed by atoms with Crippen LogP contribution in [0.15, 0.2) is 158 Å². The lowest BCUT2D eigenvalue weighted by molar-refractivity contribution is -0.385. The average Bonchev–Trinajstić information content (AvgIpc) is 3.44. The van der Waals surface area contributed by atoms with Gasteiger partial charge in [-0.25, -0.2) is 19.2 Å². The number of non-ortho nitro benzene ring substituents is 2. The quantitative estimate of drug-likeness (QED) is 0.00941. The first-order chi connectivity index (χ1) is 37.6. The predicted molar refractivity (Wildman–Crippen MR) is 273 cm³/mol. The van der Waals surface area contributed by atoms with Crippen LogP contribution in [0, 0.1) is 25.6 Å². The van der Waals surface area contributed by atoms with Gasteiger partial charge in [-0.2, -0.15) is 26.3 Å².